The molecule has 1 aromatic heterocycles. The molecule has 0 N–H and O–H groups in total. The molecule has 0 fully saturated rings. The molecule has 0 aliphatic carbocycles. The molecule has 0 saturated heterocycles. The summed E-state index contributed by atoms with van der Waals surface area (Å²) in [5.41, 5.74) is 2.54. The topological polar surface area (TPSA) is 46.1 Å². The molecular formula is C19H16ClN3O. The Bertz CT molecular complexity index is 835. The normalized spacial score (nSPS) is 10.4. The third-order valence-electron chi connectivity index (χ3n) is 3.66. The van der Waals surface area contributed by atoms with Crippen LogP contribution in [-0.2, 0) is 6.54 Å². The van der Waals surface area contributed by atoms with Gasteiger partial charge in [-0.25, -0.2) is 9.97 Å². The average Bonchev–Trinajstić information content (AvgIpc) is 2.62. The Morgan fingerprint density at radius 2 is 1.67 bits per heavy atom. The molecule has 0 spiro atoms. The van der Waals surface area contributed by atoms with Gasteiger partial charge in [-0.05, 0) is 29.8 Å². The van der Waals surface area contributed by atoms with Gasteiger partial charge in [0.1, 0.15) is 5.82 Å². The summed E-state index contributed by atoms with van der Waals surface area (Å²) < 4.78 is 0. The first-order chi connectivity index (χ1) is 11.6. The zero-order valence-corrected chi connectivity index (χ0v) is 13.9. The Labute approximate surface area is 145 Å². The fourth-order valence-corrected chi connectivity index (χ4v) is 2.65. The Balaban J connectivity index is 1.75. The highest BCUT2D eigenvalue weighted by Crippen LogP contribution is 2.27. The van der Waals surface area contributed by atoms with E-state index in [1.54, 1.807) is 30.4 Å². The highest BCUT2D eigenvalue weighted by atomic mass is 35.5. The maximum atomic E-state index is 12.5. The van der Waals surface area contributed by atoms with E-state index in [0.29, 0.717) is 23.0 Å². The fraction of sp³-hybridized carbons (Fsp3) is 0.105. The molecule has 0 aliphatic rings. The lowest BCUT2D eigenvalue weighted by atomic mass is 10.0. The van der Waals surface area contributed by atoms with Crippen molar-refractivity contribution in [3.8, 4) is 11.1 Å². The summed E-state index contributed by atoms with van der Waals surface area (Å²) in [6.07, 6.45) is 3.33. The van der Waals surface area contributed by atoms with E-state index in [4.69, 9.17) is 11.6 Å². The molecule has 0 saturated carbocycles. The first-order valence-corrected chi connectivity index (χ1v) is 7.89. The van der Waals surface area contributed by atoms with E-state index in [1.807, 2.05) is 48.5 Å². The van der Waals surface area contributed by atoms with Crippen molar-refractivity contribution in [1.82, 2.24) is 14.9 Å². The van der Waals surface area contributed by atoms with Gasteiger partial charge < -0.3 is 4.90 Å². The van der Waals surface area contributed by atoms with E-state index in [-0.39, 0.29) is 5.91 Å². The molecule has 1 amide bonds. The number of rotatable bonds is 4. The molecule has 0 atom stereocenters. The third kappa shape index (κ3) is 3.60. The van der Waals surface area contributed by atoms with E-state index in [0.717, 1.165) is 11.1 Å². The van der Waals surface area contributed by atoms with Gasteiger partial charge in [-0.2, -0.15) is 0 Å². The lowest BCUT2D eigenvalue weighted by molar-refractivity contribution is 0.0781. The third-order valence-corrected chi connectivity index (χ3v) is 3.99. The maximum Gasteiger partial charge on any atom is 0.254 e. The Morgan fingerprint density at radius 3 is 2.33 bits per heavy atom. The van der Waals surface area contributed by atoms with Crippen LogP contribution in [0.25, 0.3) is 11.1 Å². The van der Waals surface area contributed by atoms with Crippen LogP contribution in [0, 0.1) is 0 Å². The predicted molar refractivity (Wildman–Crippen MR) is 94.7 cm³/mol. The maximum absolute atomic E-state index is 12.5. The van der Waals surface area contributed by atoms with Crippen molar-refractivity contribution in [2.45, 2.75) is 6.54 Å². The van der Waals surface area contributed by atoms with Crippen molar-refractivity contribution in [2.24, 2.45) is 0 Å². The number of amides is 1. The van der Waals surface area contributed by atoms with Crippen molar-refractivity contribution >= 4 is 17.5 Å². The van der Waals surface area contributed by atoms with Gasteiger partial charge in [0, 0.05) is 35.6 Å². The van der Waals surface area contributed by atoms with Gasteiger partial charge in [0.2, 0.25) is 0 Å². The monoisotopic (exact) mass is 337 g/mol. The molecular weight excluding hydrogens is 322 g/mol. The zero-order chi connectivity index (χ0) is 16.9. The van der Waals surface area contributed by atoms with Crippen LogP contribution >= 0.6 is 11.6 Å². The lowest BCUT2D eigenvalue weighted by Gasteiger charge is -2.16. The minimum atomic E-state index is -0.0758. The first kappa shape index (κ1) is 16.1. The summed E-state index contributed by atoms with van der Waals surface area (Å²) >= 11 is 6.21. The molecule has 5 heteroatoms. The molecule has 0 unspecified atom stereocenters. The number of carbonyl (C=O) groups is 1. The van der Waals surface area contributed by atoms with Gasteiger partial charge in [0.15, 0.2) is 0 Å². The number of halogens is 1. The minimum Gasteiger partial charge on any atom is -0.334 e. The summed E-state index contributed by atoms with van der Waals surface area (Å²) in [6, 6.07) is 16.8. The van der Waals surface area contributed by atoms with E-state index in [9.17, 15) is 4.79 Å². The second-order valence-electron chi connectivity index (χ2n) is 5.38. The van der Waals surface area contributed by atoms with Crippen LogP contribution in [0.4, 0.5) is 0 Å². The number of nitrogens with zero attached hydrogens (tertiary/aromatic N) is 3. The van der Waals surface area contributed by atoms with Crippen molar-refractivity contribution in [3.05, 3.63) is 83.4 Å². The zero-order valence-electron chi connectivity index (χ0n) is 13.2. The summed E-state index contributed by atoms with van der Waals surface area (Å²) in [5, 5.41) is 0.690. The van der Waals surface area contributed by atoms with Crippen LogP contribution < -0.4 is 0 Å². The van der Waals surface area contributed by atoms with Crippen LogP contribution in [0.3, 0.4) is 0 Å². The van der Waals surface area contributed by atoms with Gasteiger partial charge in [0.25, 0.3) is 5.91 Å². The number of hydrogen-bond acceptors (Lipinski definition) is 3. The van der Waals surface area contributed by atoms with E-state index in [2.05, 4.69) is 9.97 Å². The van der Waals surface area contributed by atoms with Crippen molar-refractivity contribution < 1.29 is 4.79 Å². The SMILES string of the molecule is CN(Cc1ncccn1)C(=O)c1ccc(-c2ccccc2Cl)cc1. The number of aromatic nitrogens is 2. The summed E-state index contributed by atoms with van der Waals surface area (Å²) in [5.74, 6) is 0.536. The molecule has 1 heterocycles. The first-order valence-electron chi connectivity index (χ1n) is 7.51. The summed E-state index contributed by atoms with van der Waals surface area (Å²) in [4.78, 5) is 22.4. The Hall–Kier alpha value is -2.72. The lowest BCUT2D eigenvalue weighted by Crippen LogP contribution is -2.27. The van der Waals surface area contributed by atoms with Crippen LogP contribution in [0.1, 0.15) is 16.2 Å². The Morgan fingerprint density at radius 1 is 1.00 bits per heavy atom. The molecule has 3 aromatic rings. The molecule has 4 nitrogen and oxygen atoms in total. The van der Waals surface area contributed by atoms with Crippen LogP contribution in [0.15, 0.2) is 67.0 Å². The highest BCUT2D eigenvalue weighted by molar-refractivity contribution is 6.33. The number of carbonyl (C=O) groups excluding carboxylic acids is 1. The van der Waals surface area contributed by atoms with Crippen molar-refractivity contribution in [1.29, 1.82) is 0 Å². The number of hydrogen-bond donors (Lipinski definition) is 0. The standard InChI is InChI=1S/C19H16ClN3O/c1-23(13-18-21-11-4-12-22-18)19(24)15-9-7-14(8-10-15)16-5-2-3-6-17(16)20/h2-12H,13H2,1H3. The smallest absolute Gasteiger partial charge is 0.254 e. The molecule has 24 heavy (non-hydrogen) atoms. The quantitative estimate of drug-likeness (QED) is 0.721. The van der Waals surface area contributed by atoms with Crippen molar-refractivity contribution in [3.63, 3.8) is 0 Å². The number of benzene rings is 2. The van der Waals surface area contributed by atoms with Crippen molar-refractivity contribution in [2.75, 3.05) is 7.05 Å². The molecule has 0 bridgehead atoms. The highest BCUT2D eigenvalue weighted by Gasteiger charge is 2.13. The van der Waals surface area contributed by atoms with Gasteiger partial charge in [-0.15, -0.1) is 0 Å². The van der Waals surface area contributed by atoms with E-state index in [1.165, 1.54) is 0 Å². The van der Waals surface area contributed by atoms with Gasteiger partial charge in [-0.1, -0.05) is 41.9 Å². The van der Waals surface area contributed by atoms with Gasteiger partial charge in [0.05, 0.1) is 6.54 Å². The van der Waals surface area contributed by atoms with Gasteiger partial charge in [-0.3, -0.25) is 4.79 Å². The molecule has 0 radical (unpaired) electrons. The fourth-order valence-electron chi connectivity index (χ4n) is 2.40. The van der Waals surface area contributed by atoms with E-state index < -0.39 is 0 Å². The largest absolute Gasteiger partial charge is 0.334 e. The molecule has 0 aliphatic heterocycles. The van der Waals surface area contributed by atoms with Gasteiger partial charge >= 0.3 is 0 Å². The molecule has 3 rings (SSSR count). The molecule has 120 valence electrons. The Kier molecular flexibility index (Phi) is 4.87. The van der Waals surface area contributed by atoms with E-state index >= 15 is 0 Å². The van der Waals surface area contributed by atoms with Crippen LogP contribution in [-0.4, -0.2) is 27.8 Å². The summed E-state index contributed by atoms with van der Waals surface area (Å²) in [7, 11) is 1.74. The summed E-state index contributed by atoms with van der Waals surface area (Å²) in [6.45, 7) is 0.367. The minimum absolute atomic E-state index is 0.0758. The second-order valence-corrected chi connectivity index (χ2v) is 5.79. The van der Waals surface area contributed by atoms with Crippen LogP contribution in [0.2, 0.25) is 5.02 Å². The average molecular weight is 338 g/mol. The second kappa shape index (κ2) is 7.23. The van der Waals surface area contributed by atoms with Crippen LogP contribution in [0.5, 0.6) is 0 Å². The predicted octanol–water partition coefficient (Wildman–Crippen LogP) is 4.07. The molecule has 2 aromatic carbocycles.